The summed E-state index contributed by atoms with van der Waals surface area (Å²) in [6, 6.07) is 4.57. The van der Waals surface area contributed by atoms with E-state index in [0.29, 0.717) is 26.1 Å². The molecule has 1 aromatic rings. The number of carboxylic acids is 1. The molecule has 4 rings (SSSR count). The van der Waals surface area contributed by atoms with E-state index < -0.39 is 42.8 Å². The first-order valence-electron chi connectivity index (χ1n) is 11.5. The number of carbonyl (C=O) groups excluding carboxylic acids is 3. The van der Waals surface area contributed by atoms with Crippen molar-refractivity contribution in [3.63, 3.8) is 0 Å². The van der Waals surface area contributed by atoms with Crippen molar-refractivity contribution in [2.24, 2.45) is 0 Å². The summed E-state index contributed by atoms with van der Waals surface area (Å²) in [7, 11) is 0. The lowest BCUT2D eigenvalue weighted by molar-refractivity contribution is -0.147. The molecule has 1 aromatic carbocycles. The third kappa shape index (κ3) is 5.52. The molecular weight excluding hydrogens is 446 g/mol. The van der Waals surface area contributed by atoms with E-state index in [2.05, 4.69) is 5.32 Å². The van der Waals surface area contributed by atoms with Gasteiger partial charge in [-0.25, -0.2) is 14.4 Å². The molecular formula is C23H29N3O8. The Labute approximate surface area is 196 Å². The molecule has 3 amide bonds. The Morgan fingerprint density at radius 2 is 1.79 bits per heavy atom. The summed E-state index contributed by atoms with van der Waals surface area (Å²) in [6.07, 6.45) is 1.20. The fourth-order valence-electron chi connectivity index (χ4n) is 4.47. The van der Waals surface area contributed by atoms with Crippen LogP contribution in [0.2, 0.25) is 0 Å². The molecule has 2 atom stereocenters. The Morgan fingerprint density at radius 1 is 1.03 bits per heavy atom. The van der Waals surface area contributed by atoms with Crippen molar-refractivity contribution >= 4 is 24.1 Å². The number of hydrogen-bond donors (Lipinski definition) is 2. The van der Waals surface area contributed by atoms with Gasteiger partial charge in [0.05, 0.1) is 26.3 Å². The number of alkyl carbamates (subject to hydrolysis) is 1. The van der Waals surface area contributed by atoms with Crippen LogP contribution in [0.15, 0.2) is 18.2 Å². The van der Waals surface area contributed by atoms with Crippen LogP contribution < -0.4 is 10.1 Å². The van der Waals surface area contributed by atoms with Crippen LogP contribution in [0.25, 0.3) is 0 Å². The van der Waals surface area contributed by atoms with Crippen molar-refractivity contribution in [3.8, 4) is 5.75 Å². The van der Waals surface area contributed by atoms with Crippen LogP contribution in [0, 0.1) is 0 Å². The summed E-state index contributed by atoms with van der Waals surface area (Å²) in [5.74, 6) is -1.04. The summed E-state index contributed by atoms with van der Waals surface area (Å²) in [6.45, 7) is 1.01. The lowest BCUT2D eigenvalue weighted by atomic mass is 10.1. The van der Waals surface area contributed by atoms with Crippen molar-refractivity contribution in [1.82, 2.24) is 15.1 Å². The SMILES string of the molecule is O=C1NCC(=O)N2CC(CC2C(=O)O)OC(=O)N2Cc3cccc(c3C2)OCCCCCCO1. The molecule has 0 radical (unpaired) electrons. The van der Waals surface area contributed by atoms with E-state index in [1.165, 1.54) is 4.90 Å². The zero-order valence-electron chi connectivity index (χ0n) is 18.9. The summed E-state index contributed by atoms with van der Waals surface area (Å²) in [5.41, 5.74) is 1.92. The lowest BCUT2D eigenvalue weighted by Gasteiger charge is -2.21. The monoisotopic (exact) mass is 475 g/mol. The van der Waals surface area contributed by atoms with E-state index >= 15 is 0 Å². The van der Waals surface area contributed by atoms with Crippen LogP contribution in [-0.2, 0) is 32.2 Å². The van der Waals surface area contributed by atoms with Gasteiger partial charge in [-0.15, -0.1) is 0 Å². The number of nitrogens with zero attached hydrogens (tertiary/aromatic N) is 2. The number of carbonyl (C=O) groups is 4. The molecule has 0 aliphatic carbocycles. The average molecular weight is 475 g/mol. The normalized spacial score (nSPS) is 24.4. The predicted octanol–water partition coefficient (Wildman–Crippen LogP) is 1.87. The minimum absolute atomic E-state index is 0.0214. The molecule has 34 heavy (non-hydrogen) atoms. The van der Waals surface area contributed by atoms with Gasteiger partial charge in [-0.3, -0.25) is 9.69 Å². The first kappa shape index (κ1) is 23.7. The Kier molecular flexibility index (Phi) is 7.39. The number of benzene rings is 1. The van der Waals surface area contributed by atoms with Gasteiger partial charge in [0, 0.05) is 18.5 Å². The molecule has 11 heteroatoms. The lowest BCUT2D eigenvalue weighted by Crippen LogP contribution is -2.45. The number of ether oxygens (including phenoxy) is 3. The standard InChI is InChI=1S/C23H29N3O8/c27-20-11-24-22(30)33-9-4-2-1-3-8-32-19-7-5-6-15-12-25(14-17(15)19)23(31)34-16-10-18(21(28)29)26(20)13-16/h5-7,16,18H,1-4,8-14H2,(H,24,30)(H,28,29). The molecule has 0 spiro atoms. The number of nitrogens with one attached hydrogen (secondary N) is 1. The van der Waals surface area contributed by atoms with Gasteiger partial charge in [-0.2, -0.15) is 0 Å². The number of rotatable bonds is 1. The summed E-state index contributed by atoms with van der Waals surface area (Å²) >= 11 is 0. The number of carboxylic acid groups (broad SMARTS) is 1. The van der Waals surface area contributed by atoms with Crippen molar-refractivity contribution in [2.45, 2.75) is 57.3 Å². The van der Waals surface area contributed by atoms with Gasteiger partial charge < -0.3 is 29.5 Å². The van der Waals surface area contributed by atoms with E-state index in [0.717, 1.165) is 41.0 Å². The quantitative estimate of drug-likeness (QED) is 0.629. The predicted molar refractivity (Wildman–Crippen MR) is 117 cm³/mol. The van der Waals surface area contributed by atoms with Crippen LogP contribution in [0.4, 0.5) is 9.59 Å². The highest BCUT2D eigenvalue weighted by Gasteiger charge is 2.42. The number of aliphatic carboxylic acids is 1. The third-order valence-corrected chi connectivity index (χ3v) is 6.25. The molecule has 11 nitrogen and oxygen atoms in total. The Bertz CT molecular complexity index is 952. The second-order valence-corrected chi connectivity index (χ2v) is 8.64. The zero-order chi connectivity index (χ0) is 24.1. The van der Waals surface area contributed by atoms with Crippen LogP contribution in [0.1, 0.15) is 43.2 Å². The second kappa shape index (κ2) is 10.6. The topological polar surface area (TPSA) is 135 Å². The molecule has 0 saturated carbocycles. The first-order chi connectivity index (χ1) is 16.4. The van der Waals surface area contributed by atoms with Crippen LogP contribution in [0.3, 0.4) is 0 Å². The molecule has 4 bridgehead atoms. The Morgan fingerprint density at radius 3 is 2.56 bits per heavy atom. The molecule has 3 aliphatic heterocycles. The summed E-state index contributed by atoms with van der Waals surface area (Å²) < 4.78 is 16.6. The van der Waals surface area contributed by atoms with Gasteiger partial charge in [-0.05, 0) is 37.3 Å². The van der Waals surface area contributed by atoms with Gasteiger partial charge in [0.15, 0.2) is 0 Å². The molecule has 2 unspecified atom stereocenters. The Balaban J connectivity index is 1.47. The van der Waals surface area contributed by atoms with E-state index in [9.17, 15) is 24.3 Å². The molecule has 3 aliphatic rings. The highest BCUT2D eigenvalue weighted by atomic mass is 16.6. The van der Waals surface area contributed by atoms with Crippen LogP contribution >= 0.6 is 0 Å². The van der Waals surface area contributed by atoms with Crippen LogP contribution in [-0.4, -0.2) is 77.4 Å². The Hall–Kier alpha value is -3.50. The summed E-state index contributed by atoms with van der Waals surface area (Å²) in [5, 5.41) is 11.9. The number of cyclic esters (lactones) is 1. The highest BCUT2D eigenvalue weighted by molar-refractivity contribution is 5.87. The molecule has 2 N–H and O–H groups in total. The molecule has 1 saturated heterocycles. The maximum absolute atomic E-state index is 12.8. The maximum atomic E-state index is 12.8. The molecule has 3 heterocycles. The van der Waals surface area contributed by atoms with Gasteiger partial charge in [0.1, 0.15) is 24.4 Å². The van der Waals surface area contributed by atoms with Crippen molar-refractivity contribution < 1.29 is 38.5 Å². The molecule has 0 aromatic heterocycles. The zero-order valence-corrected chi connectivity index (χ0v) is 18.9. The smallest absolute Gasteiger partial charge is 0.410 e. The van der Waals surface area contributed by atoms with Gasteiger partial charge in [0.25, 0.3) is 0 Å². The number of fused-ring (bicyclic) bond motifs is 3. The van der Waals surface area contributed by atoms with Crippen LogP contribution in [0.5, 0.6) is 5.75 Å². The second-order valence-electron chi connectivity index (χ2n) is 8.64. The minimum Gasteiger partial charge on any atom is -0.493 e. The van der Waals surface area contributed by atoms with Gasteiger partial charge in [0.2, 0.25) is 5.91 Å². The largest absolute Gasteiger partial charge is 0.493 e. The number of hydrogen-bond acceptors (Lipinski definition) is 7. The number of amides is 3. The average Bonchev–Trinajstić information content (AvgIpc) is 3.43. The van der Waals surface area contributed by atoms with Crippen molar-refractivity contribution in [3.05, 3.63) is 29.3 Å². The van der Waals surface area contributed by atoms with E-state index in [1.807, 2.05) is 18.2 Å². The summed E-state index contributed by atoms with van der Waals surface area (Å²) in [4.78, 5) is 51.6. The molecule has 184 valence electrons. The fraction of sp³-hybridized carbons (Fsp3) is 0.565. The molecule has 1 fully saturated rings. The van der Waals surface area contributed by atoms with Gasteiger partial charge in [-0.1, -0.05) is 12.1 Å². The highest BCUT2D eigenvalue weighted by Crippen LogP contribution is 2.32. The maximum Gasteiger partial charge on any atom is 0.410 e. The first-order valence-corrected chi connectivity index (χ1v) is 11.5. The van der Waals surface area contributed by atoms with Crippen molar-refractivity contribution in [1.29, 1.82) is 0 Å². The van der Waals surface area contributed by atoms with E-state index in [-0.39, 0.29) is 19.6 Å². The fourth-order valence-corrected chi connectivity index (χ4v) is 4.47. The third-order valence-electron chi connectivity index (χ3n) is 6.25. The minimum atomic E-state index is -1.20. The van der Waals surface area contributed by atoms with Crippen molar-refractivity contribution in [2.75, 3.05) is 26.3 Å². The van der Waals surface area contributed by atoms with Gasteiger partial charge >= 0.3 is 18.2 Å². The van der Waals surface area contributed by atoms with E-state index in [4.69, 9.17) is 14.2 Å². The van der Waals surface area contributed by atoms with E-state index in [1.54, 1.807) is 0 Å².